The van der Waals surface area contributed by atoms with E-state index < -0.39 is 10.0 Å². The van der Waals surface area contributed by atoms with Gasteiger partial charge in [0.25, 0.3) is 0 Å². The average Bonchev–Trinajstić information content (AvgIpc) is 3.02. The highest BCUT2D eigenvalue weighted by Gasteiger charge is 2.30. The van der Waals surface area contributed by atoms with Crippen molar-refractivity contribution in [3.8, 4) is 0 Å². The standard InChI is InChI=1S/C17H17ClN4O2S2/c1-12-10-13-16(19-11-20-17(13)25-12)21-6-8-22(9-7-21)26(23,24)15-5-3-2-4-14(15)18/h2-5,10-11H,6-9H2,1H3. The lowest BCUT2D eigenvalue weighted by Gasteiger charge is -2.35. The molecule has 4 rings (SSSR count). The Kier molecular flexibility index (Phi) is 4.60. The van der Waals surface area contributed by atoms with Crippen LogP contribution in [0.2, 0.25) is 5.02 Å². The molecule has 0 saturated carbocycles. The summed E-state index contributed by atoms with van der Waals surface area (Å²) in [6.45, 7) is 3.98. The Morgan fingerprint density at radius 2 is 1.85 bits per heavy atom. The number of aryl methyl sites for hydroxylation is 1. The Labute approximate surface area is 161 Å². The van der Waals surface area contributed by atoms with Crippen LogP contribution in [0.4, 0.5) is 5.82 Å². The van der Waals surface area contributed by atoms with Gasteiger partial charge in [-0.2, -0.15) is 4.31 Å². The summed E-state index contributed by atoms with van der Waals surface area (Å²) in [6, 6.07) is 8.64. The third-order valence-electron chi connectivity index (χ3n) is 4.42. The second-order valence-corrected chi connectivity index (χ2v) is 9.64. The quantitative estimate of drug-likeness (QED) is 0.666. The van der Waals surface area contributed by atoms with Crippen LogP contribution in [0.15, 0.2) is 41.6 Å². The number of rotatable bonds is 3. The molecule has 3 heterocycles. The zero-order valence-corrected chi connectivity index (χ0v) is 16.5. The van der Waals surface area contributed by atoms with E-state index in [1.165, 1.54) is 9.18 Å². The van der Waals surface area contributed by atoms with Crippen LogP contribution in [0.3, 0.4) is 0 Å². The number of halogens is 1. The van der Waals surface area contributed by atoms with Gasteiger partial charge in [-0.05, 0) is 25.1 Å². The first-order chi connectivity index (χ1) is 12.5. The summed E-state index contributed by atoms with van der Waals surface area (Å²) in [5.41, 5.74) is 0. The van der Waals surface area contributed by atoms with Crippen molar-refractivity contribution in [2.75, 3.05) is 31.1 Å². The number of thiophene rings is 1. The molecule has 6 nitrogen and oxygen atoms in total. The molecule has 0 N–H and O–H groups in total. The molecule has 2 aromatic heterocycles. The number of anilines is 1. The molecule has 3 aromatic rings. The van der Waals surface area contributed by atoms with Gasteiger partial charge in [0.05, 0.1) is 10.4 Å². The van der Waals surface area contributed by atoms with Crippen LogP contribution in [0, 0.1) is 6.92 Å². The van der Waals surface area contributed by atoms with Crippen molar-refractivity contribution in [3.63, 3.8) is 0 Å². The lowest BCUT2D eigenvalue weighted by molar-refractivity contribution is 0.384. The van der Waals surface area contributed by atoms with Crippen molar-refractivity contribution in [2.45, 2.75) is 11.8 Å². The molecule has 0 bridgehead atoms. The Balaban J connectivity index is 1.57. The fraction of sp³-hybridized carbons (Fsp3) is 0.294. The maximum atomic E-state index is 12.9. The van der Waals surface area contributed by atoms with Gasteiger partial charge in [-0.3, -0.25) is 0 Å². The number of aromatic nitrogens is 2. The molecular weight excluding hydrogens is 392 g/mol. The summed E-state index contributed by atoms with van der Waals surface area (Å²) in [6.07, 6.45) is 1.57. The van der Waals surface area contributed by atoms with Gasteiger partial charge in [-0.25, -0.2) is 18.4 Å². The van der Waals surface area contributed by atoms with Gasteiger partial charge in [0.15, 0.2) is 0 Å². The predicted molar refractivity (Wildman–Crippen MR) is 105 cm³/mol. The van der Waals surface area contributed by atoms with E-state index in [0.717, 1.165) is 16.0 Å². The first-order valence-electron chi connectivity index (χ1n) is 8.17. The van der Waals surface area contributed by atoms with Crippen molar-refractivity contribution in [2.24, 2.45) is 0 Å². The first-order valence-corrected chi connectivity index (χ1v) is 10.8. The summed E-state index contributed by atoms with van der Waals surface area (Å²) < 4.78 is 27.2. The van der Waals surface area contributed by atoms with E-state index in [0.29, 0.717) is 26.2 Å². The Morgan fingerprint density at radius 3 is 2.58 bits per heavy atom. The molecule has 1 aromatic carbocycles. The second kappa shape index (κ2) is 6.77. The van der Waals surface area contributed by atoms with Crippen LogP contribution >= 0.6 is 22.9 Å². The highest BCUT2D eigenvalue weighted by molar-refractivity contribution is 7.89. The Morgan fingerprint density at radius 1 is 1.12 bits per heavy atom. The van der Waals surface area contributed by atoms with E-state index in [4.69, 9.17) is 11.6 Å². The van der Waals surface area contributed by atoms with Gasteiger partial charge >= 0.3 is 0 Å². The van der Waals surface area contributed by atoms with Gasteiger partial charge < -0.3 is 4.90 Å². The van der Waals surface area contributed by atoms with Crippen LogP contribution in [0.1, 0.15) is 4.88 Å². The van der Waals surface area contributed by atoms with Gasteiger partial charge in [-0.15, -0.1) is 11.3 Å². The minimum Gasteiger partial charge on any atom is -0.353 e. The molecule has 0 radical (unpaired) electrons. The van der Waals surface area contributed by atoms with E-state index >= 15 is 0 Å². The topological polar surface area (TPSA) is 66.4 Å². The number of sulfonamides is 1. The Hall–Kier alpha value is -1.74. The van der Waals surface area contributed by atoms with Crippen LogP contribution in [-0.4, -0.2) is 48.9 Å². The molecule has 0 atom stereocenters. The maximum absolute atomic E-state index is 12.9. The normalized spacial score (nSPS) is 16.3. The highest BCUT2D eigenvalue weighted by atomic mass is 35.5. The lowest BCUT2D eigenvalue weighted by Crippen LogP contribution is -2.49. The third-order valence-corrected chi connectivity index (χ3v) is 7.78. The molecule has 26 heavy (non-hydrogen) atoms. The second-order valence-electron chi connectivity index (χ2n) is 6.09. The number of hydrogen-bond acceptors (Lipinski definition) is 6. The predicted octanol–water partition coefficient (Wildman–Crippen LogP) is 3.16. The third kappa shape index (κ3) is 3.07. The smallest absolute Gasteiger partial charge is 0.244 e. The minimum atomic E-state index is -3.59. The summed E-state index contributed by atoms with van der Waals surface area (Å²) >= 11 is 7.72. The molecule has 1 aliphatic heterocycles. The van der Waals surface area contributed by atoms with Crippen LogP contribution in [-0.2, 0) is 10.0 Å². The summed E-state index contributed by atoms with van der Waals surface area (Å²) in [7, 11) is -3.59. The van der Waals surface area contributed by atoms with Gasteiger partial charge in [0, 0.05) is 31.1 Å². The van der Waals surface area contributed by atoms with Crippen molar-refractivity contribution in [1.29, 1.82) is 0 Å². The van der Waals surface area contributed by atoms with Crippen molar-refractivity contribution in [1.82, 2.24) is 14.3 Å². The fourth-order valence-electron chi connectivity index (χ4n) is 3.15. The molecule has 1 saturated heterocycles. The first kappa shape index (κ1) is 17.7. The molecule has 0 aliphatic carbocycles. The number of benzene rings is 1. The molecule has 0 amide bonds. The number of fused-ring (bicyclic) bond motifs is 1. The van der Waals surface area contributed by atoms with E-state index in [1.54, 1.807) is 41.9 Å². The Bertz CT molecular complexity index is 1060. The monoisotopic (exact) mass is 408 g/mol. The maximum Gasteiger partial charge on any atom is 0.244 e. The highest BCUT2D eigenvalue weighted by Crippen LogP contribution is 2.31. The minimum absolute atomic E-state index is 0.160. The van der Waals surface area contributed by atoms with Crippen LogP contribution in [0.5, 0.6) is 0 Å². The van der Waals surface area contributed by atoms with Crippen molar-refractivity contribution >= 4 is 49.0 Å². The molecular formula is C17H17ClN4O2S2. The van der Waals surface area contributed by atoms with Gasteiger partial charge in [0.2, 0.25) is 10.0 Å². The van der Waals surface area contributed by atoms with E-state index in [2.05, 4.69) is 20.9 Å². The van der Waals surface area contributed by atoms with E-state index in [1.807, 2.05) is 6.92 Å². The molecule has 1 aliphatic rings. The largest absolute Gasteiger partial charge is 0.353 e. The molecule has 0 spiro atoms. The lowest BCUT2D eigenvalue weighted by atomic mass is 10.3. The fourth-order valence-corrected chi connectivity index (χ4v) is 5.91. The number of hydrogen-bond donors (Lipinski definition) is 0. The summed E-state index contributed by atoms with van der Waals surface area (Å²) in [4.78, 5) is 13.2. The van der Waals surface area contributed by atoms with E-state index in [9.17, 15) is 8.42 Å². The van der Waals surface area contributed by atoms with Crippen LogP contribution < -0.4 is 4.90 Å². The zero-order chi connectivity index (χ0) is 18.3. The molecule has 1 fully saturated rings. The SMILES string of the molecule is Cc1cc2c(N3CCN(S(=O)(=O)c4ccccc4Cl)CC3)ncnc2s1. The van der Waals surface area contributed by atoms with Crippen LogP contribution in [0.25, 0.3) is 10.2 Å². The van der Waals surface area contributed by atoms with Gasteiger partial charge in [0.1, 0.15) is 21.9 Å². The summed E-state index contributed by atoms with van der Waals surface area (Å²) in [5.74, 6) is 0.870. The average molecular weight is 409 g/mol. The van der Waals surface area contributed by atoms with Crippen molar-refractivity contribution in [3.05, 3.63) is 46.6 Å². The number of piperazine rings is 1. The molecule has 0 unspecified atom stereocenters. The van der Waals surface area contributed by atoms with Crippen molar-refractivity contribution < 1.29 is 8.42 Å². The summed E-state index contributed by atoms with van der Waals surface area (Å²) in [5, 5.41) is 1.28. The molecule has 9 heteroatoms. The molecule has 136 valence electrons. The zero-order valence-electron chi connectivity index (χ0n) is 14.1. The van der Waals surface area contributed by atoms with Gasteiger partial charge in [-0.1, -0.05) is 23.7 Å². The number of nitrogens with zero attached hydrogens (tertiary/aromatic N) is 4. The van der Waals surface area contributed by atoms with E-state index in [-0.39, 0.29) is 9.92 Å².